The summed E-state index contributed by atoms with van der Waals surface area (Å²) in [4.78, 5) is 25.0. The fourth-order valence-electron chi connectivity index (χ4n) is 2.80. The number of hydrogen-bond donors (Lipinski definition) is 1. The number of amides is 1. The van der Waals surface area contributed by atoms with Gasteiger partial charge in [0.05, 0.1) is 6.04 Å². The highest BCUT2D eigenvalue weighted by Crippen LogP contribution is 2.23. The number of rotatable bonds is 6. The molecule has 0 saturated heterocycles. The van der Waals surface area contributed by atoms with Crippen LogP contribution in [-0.2, 0) is 0 Å². The number of anilines is 1. The normalized spacial score (nSPS) is 11.6. The van der Waals surface area contributed by atoms with Gasteiger partial charge in [0.2, 0.25) is 5.88 Å². The van der Waals surface area contributed by atoms with Crippen molar-refractivity contribution in [2.24, 2.45) is 0 Å². The van der Waals surface area contributed by atoms with Crippen LogP contribution in [-0.4, -0.2) is 26.6 Å². The van der Waals surface area contributed by atoms with Crippen LogP contribution >= 0.6 is 0 Å². The molecule has 3 rings (SSSR count). The van der Waals surface area contributed by atoms with E-state index in [4.69, 9.17) is 4.52 Å². The lowest BCUT2D eigenvalue weighted by Crippen LogP contribution is -2.20. The van der Waals surface area contributed by atoms with Crippen LogP contribution in [0.2, 0.25) is 0 Å². The molecule has 1 atom stereocenters. The van der Waals surface area contributed by atoms with Gasteiger partial charge in [-0.05, 0) is 19.4 Å². The molecular formula is C20H19N5O3. The number of nitrogens with one attached hydrogen (secondary N) is 1. The molecule has 0 unspecified atom stereocenters. The number of carbonyl (C=O) groups excluding carboxylic acids is 2. The van der Waals surface area contributed by atoms with E-state index in [1.54, 1.807) is 13.8 Å². The molecule has 142 valence electrons. The Morgan fingerprint density at radius 2 is 2.04 bits per heavy atom. The molecule has 3 aromatic rings. The van der Waals surface area contributed by atoms with Crippen LogP contribution < -0.4 is 5.32 Å². The molecule has 0 saturated carbocycles. The molecule has 28 heavy (non-hydrogen) atoms. The summed E-state index contributed by atoms with van der Waals surface area (Å²) in [5.74, 6) is -0.743. The molecule has 8 heteroatoms. The minimum atomic E-state index is -0.543. The summed E-state index contributed by atoms with van der Waals surface area (Å²) in [5.41, 5.74) is 1.87. The quantitative estimate of drug-likeness (QED) is 0.658. The first-order valence-corrected chi connectivity index (χ1v) is 8.81. The van der Waals surface area contributed by atoms with E-state index in [0.717, 1.165) is 5.56 Å². The smallest absolute Gasteiger partial charge is 0.276 e. The van der Waals surface area contributed by atoms with Gasteiger partial charge in [-0.25, -0.2) is 0 Å². The Hall–Kier alpha value is -3.73. The highest BCUT2D eigenvalue weighted by Gasteiger charge is 2.24. The number of nitrogens with zero attached hydrogens (tertiary/aromatic N) is 4. The lowest BCUT2D eigenvalue weighted by atomic mass is 10.1. The number of aryl methyl sites for hydroxylation is 1. The van der Waals surface area contributed by atoms with Gasteiger partial charge in [0.15, 0.2) is 5.78 Å². The van der Waals surface area contributed by atoms with Crippen molar-refractivity contribution in [3.8, 4) is 6.07 Å². The van der Waals surface area contributed by atoms with Gasteiger partial charge >= 0.3 is 0 Å². The Kier molecular flexibility index (Phi) is 5.36. The standard InChI is InChI=1S/C20H19N5O3/c1-4-18(26)16-10-17(19(27)22-20-15(11-21)12(2)24-28-20)25(23-16)13(3)14-8-6-5-7-9-14/h5-10,13H,4H2,1-3H3,(H,22,27)/t13-/m0/s1. The Bertz CT molecular complexity index is 1060. The van der Waals surface area contributed by atoms with Crippen LogP contribution in [0.1, 0.15) is 64.1 Å². The summed E-state index contributed by atoms with van der Waals surface area (Å²) in [6, 6.07) is 12.6. The van der Waals surface area contributed by atoms with Crippen LogP contribution in [0.25, 0.3) is 0 Å². The van der Waals surface area contributed by atoms with Crippen molar-refractivity contribution in [3.63, 3.8) is 0 Å². The Morgan fingerprint density at radius 3 is 2.68 bits per heavy atom. The Labute approximate surface area is 161 Å². The molecule has 0 aliphatic heterocycles. The zero-order chi connectivity index (χ0) is 20.3. The van der Waals surface area contributed by atoms with Crippen molar-refractivity contribution in [3.05, 3.63) is 64.6 Å². The lowest BCUT2D eigenvalue weighted by molar-refractivity contribution is 0.0980. The van der Waals surface area contributed by atoms with E-state index in [9.17, 15) is 14.9 Å². The monoisotopic (exact) mass is 377 g/mol. The molecule has 0 spiro atoms. The number of aromatic nitrogens is 3. The molecule has 2 heterocycles. The largest absolute Gasteiger partial charge is 0.337 e. The van der Waals surface area contributed by atoms with Crippen molar-refractivity contribution in [2.45, 2.75) is 33.2 Å². The SMILES string of the molecule is CCC(=O)c1cc(C(=O)Nc2onc(C)c2C#N)n([C@@H](C)c2ccccc2)n1. The minimum absolute atomic E-state index is 0.0338. The van der Waals surface area contributed by atoms with E-state index < -0.39 is 5.91 Å². The van der Waals surface area contributed by atoms with E-state index >= 15 is 0 Å². The molecule has 0 aliphatic carbocycles. The number of hydrogen-bond acceptors (Lipinski definition) is 6. The maximum atomic E-state index is 12.9. The number of ketones is 1. The fraction of sp³-hybridized carbons (Fsp3) is 0.250. The zero-order valence-corrected chi connectivity index (χ0v) is 15.8. The van der Waals surface area contributed by atoms with Crippen molar-refractivity contribution in [2.75, 3.05) is 5.32 Å². The predicted octanol–water partition coefficient (Wildman–Crippen LogP) is 3.51. The molecule has 0 radical (unpaired) electrons. The van der Waals surface area contributed by atoms with E-state index in [2.05, 4.69) is 15.6 Å². The highest BCUT2D eigenvalue weighted by molar-refractivity contribution is 6.05. The molecule has 0 bridgehead atoms. The summed E-state index contributed by atoms with van der Waals surface area (Å²) in [6.07, 6.45) is 0.275. The summed E-state index contributed by atoms with van der Waals surface area (Å²) in [6.45, 7) is 5.23. The average Bonchev–Trinajstić information content (AvgIpc) is 3.31. The zero-order valence-electron chi connectivity index (χ0n) is 15.8. The first-order chi connectivity index (χ1) is 13.5. The van der Waals surface area contributed by atoms with E-state index in [0.29, 0.717) is 5.69 Å². The fourth-order valence-corrected chi connectivity index (χ4v) is 2.80. The third kappa shape index (κ3) is 3.55. The Balaban J connectivity index is 2.01. The maximum absolute atomic E-state index is 12.9. The van der Waals surface area contributed by atoms with Crippen LogP contribution in [0.3, 0.4) is 0 Å². The number of nitriles is 1. The number of carbonyl (C=O) groups is 2. The maximum Gasteiger partial charge on any atom is 0.276 e. The van der Waals surface area contributed by atoms with Crippen molar-refractivity contribution >= 4 is 17.6 Å². The third-order valence-corrected chi connectivity index (χ3v) is 4.43. The molecule has 8 nitrogen and oxygen atoms in total. The third-order valence-electron chi connectivity index (χ3n) is 4.43. The topological polar surface area (TPSA) is 114 Å². The Morgan fingerprint density at radius 1 is 1.32 bits per heavy atom. The highest BCUT2D eigenvalue weighted by atomic mass is 16.5. The van der Waals surface area contributed by atoms with E-state index in [1.165, 1.54) is 10.7 Å². The van der Waals surface area contributed by atoms with Crippen LogP contribution in [0.5, 0.6) is 0 Å². The van der Waals surface area contributed by atoms with Crippen LogP contribution in [0, 0.1) is 18.3 Å². The van der Waals surface area contributed by atoms with Crippen molar-refractivity contribution in [1.29, 1.82) is 5.26 Å². The molecular weight excluding hydrogens is 358 g/mol. The van der Waals surface area contributed by atoms with Crippen LogP contribution in [0.4, 0.5) is 5.88 Å². The van der Waals surface area contributed by atoms with Crippen molar-refractivity contribution in [1.82, 2.24) is 14.9 Å². The van der Waals surface area contributed by atoms with Gasteiger partial charge in [-0.2, -0.15) is 10.4 Å². The van der Waals surface area contributed by atoms with Gasteiger partial charge < -0.3 is 4.52 Å². The average molecular weight is 377 g/mol. The second-order valence-electron chi connectivity index (χ2n) is 6.26. The van der Waals surface area contributed by atoms with Gasteiger partial charge in [-0.1, -0.05) is 42.4 Å². The van der Waals surface area contributed by atoms with Gasteiger partial charge in [0.1, 0.15) is 28.7 Å². The summed E-state index contributed by atoms with van der Waals surface area (Å²) in [7, 11) is 0. The molecule has 1 aromatic carbocycles. The summed E-state index contributed by atoms with van der Waals surface area (Å²) < 4.78 is 6.54. The molecule has 0 aliphatic rings. The number of Topliss-reactive ketones (excluding diaryl/α,β-unsaturated/α-hetero) is 1. The summed E-state index contributed by atoms with van der Waals surface area (Å²) >= 11 is 0. The second kappa shape index (κ2) is 7.88. The lowest BCUT2D eigenvalue weighted by Gasteiger charge is -2.15. The van der Waals surface area contributed by atoms with Gasteiger partial charge in [0.25, 0.3) is 5.91 Å². The first-order valence-electron chi connectivity index (χ1n) is 8.81. The molecule has 1 amide bonds. The summed E-state index contributed by atoms with van der Waals surface area (Å²) in [5, 5.41) is 19.8. The molecule has 2 aromatic heterocycles. The van der Waals surface area contributed by atoms with Crippen LogP contribution in [0.15, 0.2) is 40.9 Å². The van der Waals surface area contributed by atoms with E-state index in [-0.39, 0.29) is 41.1 Å². The predicted molar refractivity (Wildman–Crippen MR) is 101 cm³/mol. The minimum Gasteiger partial charge on any atom is -0.337 e. The van der Waals surface area contributed by atoms with E-state index in [1.807, 2.05) is 43.3 Å². The first kappa shape index (κ1) is 19.0. The number of benzene rings is 1. The van der Waals surface area contributed by atoms with Crippen molar-refractivity contribution < 1.29 is 14.1 Å². The second-order valence-corrected chi connectivity index (χ2v) is 6.26. The van der Waals surface area contributed by atoms with Gasteiger partial charge in [0, 0.05) is 12.5 Å². The molecule has 0 fully saturated rings. The van der Waals surface area contributed by atoms with Gasteiger partial charge in [-0.15, -0.1) is 0 Å². The molecule has 1 N–H and O–H groups in total. The van der Waals surface area contributed by atoms with Gasteiger partial charge in [-0.3, -0.25) is 19.6 Å².